The Labute approximate surface area is 103 Å². The number of halogens is 1. The minimum absolute atomic E-state index is 0.225. The van der Waals surface area contributed by atoms with Crippen LogP contribution in [-0.2, 0) is 10.0 Å². The molecule has 5 heteroatoms. The van der Waals surface area contributed by atoms with Gasteiger partial charge >= 0.3 is 0 Å². The van der Waals surface area contributed by atoms with Gasteiger partial charge in [0.05, 0.1) is 5.75 Å². The van der Waals surface area contributed by atoms with Gasteiger partial charge in [0, 0.05) is 18.5 Å². The summed E-state index contributed by atoms with van der Waals surface area (Å²) < 4.78 is 26.0. The third-order valence-electron chi connectivity index (χ3n) is 3.49. The van der Waals surface area contributed by atoms with E-state index in [1.54, 1.807) is 4.31 Å². The van der Waals surface area contributed by atoms with Gasteiger partial charge in [-0.3, -0.25) is 0 Å². The van der Waals surface area contributed by atoms with Crippen LogP contribution < -0.4 is 0 Å². The Bertz CT molecular complexity index is 327. The number of rotatable bonds is 6. The van der Waals surface area contributed by atoms with Gasteiger partial charge in [-0.15, -0.1) is 11.6 Å². The fourth-order valence-electron chi connectivity index (χ4n) is 2.45. The predicted octanol–water partition coefficient (Wildman–Crippen LogP) is 2.21. The van der Waals surface area contributed by atoms with Crippen LogP contribution in [0.2, 0.25) is 0 Å². The molecule has 0 bridgehead atoms. The highest BCUT2D eigenvalue weighted by molar-refractivity contribution is 7.89. The van der Waals surface area contributed by atoms with Crippen LogP contribution in [0.4, 0.5) is 0 Å². The van der Waals surface area contributed by atoms with E-state index in [1.165, 1.54) is 0 Å². The maximum absolute atomic E-state index is 12.1. The first-order valence-electron chi connectivity index (χ1n) is 6.19. The molecule has 2 fully saturated rings. The maximum atomic E-state index is 12.1. The summed E-state index contributed by atoms with van der Waals surface area (Å²) in [5.41, 5.74) is 0. The lowest BCUT2D eigenvalue weighted by atomic mass is 10.1. The Balaban J connectivity index is 1.94. The lowest BCUT2D eigenvalue weighted by Gasteiger charge is -2.23. The molecule has 0 N–H and O–H groups in total. The number of hydrogen-bond acceptors (Lipinski definition) is 2. The van der Waals surface area contributed by atoms with Crippen LogP contribution in [-0.4, -0.2) is 36.9 Å². The van der Waals surface area contributed by atoms with Gasteiger partial charge in [0.1, 0.15) is 0 Å². The third kappa shape index (κ3) is 3.11. The van der Waals surface area contributed by atoms with Crippen molar-refractivity contribution in [3.05, 3.63) is 0 Å². The molecule has 1 saturated heterocycles. The van der Waals surface area contributed by atoms with Crippen LogP contribution in [0.1, 0.15) is 38.5 Å². The van der Waals surface area contributed by atoms with Gasteiger partial charge in [0.2, 0.25) is 10.0 Å². The number of hydrogen-bond donors (Lipinski definition) is 0. The Morgan fingerprint density at radius 2 is 2.00 bits per heavy atom. The maximum Gasteiger partial charge on any atom is 0.214 e. The third-order valence-corrected chi connectivity index (χ3v) is 5.85. The van der Waals surface area contributed by atoms with Gasteiger partial charge in [-0.2, -0.15) is 4.31 Å². The molecule has 0 aromatic rings. The molecule has 16 heavy (non-hydrogen) atoms. The standard InChI is InChI=1S/C11H20ClNO2S/c12-7-1-3-11-4-2-8-13(11)16(14,15)9-10-5-6-10/h10-11H,1-9H2. The minimum Gasteiger partial charge on any atom is -0.212 e. The lowest BCUT2D eigenvalue weighted by molar-refractivity contribution is 0.367. The highest BCUT2D eigenvalue weighted by Gasteiger charge is 2.37. The average molecular weight is 266 g/mol. The molecule has 2 aliphatic rings. The summed E-state index contributed by atoms with van der Waals surface area (Å²) in [6.07, 6.45) is 6.06. The molecule has 1 atom stereocenters. The van der Waals surface area contributed by atoms with E-state index in [1.807, 2.05) is 0 Å². The van der Waals surface area contributed by atoms with E-state index in [2.05, 4.69) is 0 Å². The van der Waals surface area contributed by atoms with Crippen LogP contribution in [0.15, 0.2) is 0 Å². The van der Waals surface area contributed by atoms with Crippen molar-refractivity contribution in [2.45, 2.75) is 44.6 Å². The molecule has 1 unspecified atom stereocenters. The van der Waals surface area contributed by atoms with Crippen molar-refractivity contribution in [1.82, 2.24) is 4.31 Å². The first kappa shape index (κ1) is 12.7. The van der Waals surface area contributed by atoms with Gasteiger partial charge in [-0.25, -0.2) is 8.42 Å². The van der Waals surface area contributed by atoms with E-state index in [4.69, 9.17) is 11.6 Å². The molecule has 1 aliphatic carbocycles. The van der Waals surface area contributed by atoms with E-state index in [0.29, 0.717) is 17.6 Å². The van der Waals surface area contributed by atoms with Crippen LogP contribution >= 0.6 is 11.6 Å². The van der Waals surface area contributed by atoms with E-state index in [0.717, 1.165) is 45.1 Å². The first-order valence-corrected chi connectivity index (χ1v) is 8.33. The topological polar surface area (TPSA) is 37.4 Å². The predicted molar refractivity (Wildman–Crippen MR) is 66.2 cm³/mol. The van der Waals surface area contributed by atoms with E-state index < -0.39 is 10.0 Å². The van der Waals surface area contributed by atoms with Crippen LogP contribution in [0.3, 0.4) is 0 Å². The number of sulfonamides is 1. The summed E-state index contributed by atoms with van der Waals surface area (Å²) in [7, 11) is -2.99. The number of alkyl halides is 1. The van der Waals surface area contributed by atoms with E-state index in [-0.39, 0.29) is 6.04 Å². The lowest BCUT2D eigenvalue weighted by Crippen LogP contribution is -2.37. The summed E-state index contributed by atoms with van der Waals surface area (Å²) in [6, 6.07) is 0.225. The van der Waals surface area contributed by atoms with Crippen molar-refractivity contribution in [2.24, 2.45) is 5.92 Å². The zero-order valence-corrected chi connectivity index (χ0v) is 11.1. The van der Waals surface area contributed by atoms with Gasteiger partial charge in [0.25, 0.3) is 0 Å². The van der Waals surface area contributed by atoms with Crippen molar-refractivity contribution in [3.8, 4) is 0 Å². The molecule has 0 radical (unpaired) electrons. The monoisotopic (exact) mass is 265 g/mol. The Morgan fingerprint density at radius 1 is 1.25 bits per heavy atom. The van der Waals surface area contributed by atoms with Gasteiger partial charge < -0.3 is 0 Å². The second kappa shape index (κ2) is 5.23. The Kier molecular flexibility index (Phi) is 4.14. The van der Waals surface area contributed by atoms with Crippen molar-refractivity contribution < 1.29 is 8.42 Å². The fourth-order valence-corrected chi connectivity index (χ4v) is 4.80. The molecular weight excluding hydrogens is 246 g/mol. The number of nitrogens with zero attached hydrogens (tertiary/aromatic N) is 1. The quantitative estimate of drug-likeness (QED) is 0.691. The summed E-state index contributed by atoms with van der Waals surface area (Å²) >= 11 is 5.67. The van der Waals surface area contributed by atoms with Crippen LogP contribution in [0.25, 0.3) is 0 Å². The van der Waals surface area contributed by atoms with Crippen molar-refractivity contribution >= 4 is 21.6 Å². The summed E-state index contributed by atoms with van der Waals surface area (Å²) in [5, 5.41) is 0. The Morgan fingerprint density at radius 3 is 2.62 bits per heavy atom. The molecule has 2 rings (SSSR count). The molecule has 0 aromatic heterocycles. The molecule has 0 aromatic carbocycles. The zero-order chi connectivity index (χ0) is 11.6. The molecule has 0 spiro atoms. The highest BCUT2D eigenvalue weighted by Crippen LogP contribution is 2.33. The van der Waals surface area contributed by atoms with E-state index in [9.17, 15) is 8.42 Å². The SMILES string of the molecule is O=S(=O)(CC1CC1)N1CCCC1CCCCl. The summed E-state index contributed by atoms with van der Waals surface area (Å²) in [5.74, 6) is 1.46. The smallest absolute Gasteiger partial charge is 0.212 e. The van der Waals surface area contributed by atoms with E-state index >= 15 is 0 Å². The fraction of sp³-hybridized carbons (Fsp3) is 1.00. The minimum atomic E-state index is -2.99. The van der Waals surface area contributed by atoms with Crippen molar-refractivity contribution in [3.63, 3.8) is 0 Å². The van der Waals surface area contributed by atoms with Gasteiger partial charge in [0.15, 0.2) is 0 Å². The summed E-state index contributed by atoms with van der Waals surface area (Å²) in [4.78, 5) is 0. The van der Waals surface area contributed by atoms with Crippen molar-refractivity contribution in [1.29, 1.82) is 0 Å². The highest BCUT2D eigenvalue weighted by atomic mass is 35.5. The average Bonchev–Trinajstić information content (AvgIpc) is 2.89. The summed E-state index contributed by atoms with van der Waals surface area (Å²) in [6.45, 7) is 0.724. The van der Waals surface area contributed by atoms with Crippen LogP contribution in [0, 0.1) is 5.92 Å². The molecule has 3 nitrogen and oxygen atoms in total. The van der Waals surface area contributed by atoms with Gasteiger partial charge in [-0.05, 0) is 44.4 Å². The van der Waals surface area contributed by atoms with Gasteiger partial charge in [-0.1, -0.05) is 0 Å². The van der Waals surface area contributed by atoms with Crippen LogP contribution in [0.5, 0.6) is 0 Å². The molecule has 1 aliphatic heterocycles. The second-order valence-corrected chi connectivity index (χ2v) is 7.30. The molecule has 1 saturated carbocycles. The Hall–Kier alpha value is 0.200. The van der Waals surface area contributed by atoms with Crippen molar-refractivity contribution in [2.75, 3.05) is 18.2 Å². The second-order valence-electron chi connectivity index (χ2n) is 4.96. The molecular formula is C11H20ClNO2S. The first-order chi connectivity index (χ1) is 7.63. The normalized spacial score (nSPS) is 27.4. The molecule has 1 heterocycles. The molecule has 94 valence electrons. The largest absolute Gasteiger partial charge is 0.214 e. The molecule has 0 amide bonds. The zero-order valence-electron chi connectivity index (χ0n) is 9.57.